The molecule has 0 atom stereocenters. The highest BCUT2D eigenvalue weighted by Gasteiger charge is 2.09. The van der Waals surface area contributed by atoms with Crippen molar-refractivity contribution < 1.29 is 18.3 Å². The summed E-state index contributed by atoms with van der Waals surface area (Å²) in [6.07, 6.45) is 0. The average Bonchev–Trinajstić information content (AvgIpc) is 2.64. The first-order valence-electron chi connectivity index (χ1n) is 7.75. The van der Waals surface area contributed by atoms with Crippen molar-refractivity contribution in [2.75, 3.05) is 11.9 Å². The molecule has 3 rings (SSSR count). The largest absolute Gasteiger partial charge is 0.482 e. The molecule has 0 aromatic heterocycles. The third-order valence-corrected chi connectivity index (χ3v) is 3.90. The van der Waals surface area contributed by atoms with Crippen LogP contribution in [0, 0.1) is 11.6 Å². The Labute approximate surface area is 154 Å². The second-order valence-corrected chi connectivity index (χ2v) is 5.88. The van der Waals surface area contributed by atoms with Gasteiger partial charge in [0.2, 0.25) is 0 Å². The van der Waals surface area contributed by atoms with Crippen molar-refractivity contribution in [2.45, 2.75) is 0 Å². The van der Waals surface area contributed by atoms with Gasteiger partial charge in [-0.3, -0.25) is 4.79 Å². The minimum Gasteiger partial charge on any atom is -0.482 e. The third-order valence-electron chi connectivity index (χ3n) is 3.60. The predicted octanol–water partition coefficient (Wildman–Crippen LogP) is 5.30. The second kappa shape index (κ2) is 7.97. The standard InChI is InChI=1S/C20H14ClF2NO2/c21-16-10-14(13-4-2-1-3-5-13)6-9-19(16)26-12-20(25)24-15-7-8-17(22)18(23)11-15/h1-11H,12H2,(H,24,25). The molecule has 0 bridgehead atoms. The molecule has 0 aliphatic carbocycles. The van der Waals surface area contributed by atoms with Gasteiger partial charge in [-0.2, -0.15) is 0 Å². The summed E-state index contributed by atoms with van der Waals surface area (Å²) < 4.78 is 31.4. The number of rotatable bonds is 5. The number of benzene rings is 3. The van der Waals surface area contributed by atoms with Crippen LogP contribution in [-0.4, -0.2) is 12.5 Å². The SMILES string of the molecule is O=C(COc1ccc(-c2ccccc2)cc1Cl)Nc1ccc(F)c(F)c1. The Morgan fingerprint density at radius 2 is 1.69 bits per heavy atom. The fraction of sp³-hybridized carbons (Fsp3) is 0.0500. The first-order chi connectivity index (χ1) is 12.5. The Morgan fingerprint density at radius 1 is 0.923 bits per heavy atom. The van der Waals surface area contributed by atoms with Gasteiger partial charge in [0.1, 0.15) is 5.75 Å². The van der Waals surface area contributed by atoms with Gasteiger partial charge >= 0.3 is 0 Å². The summed E-state index contributed by atoms with van der Waals surface area (Å²) >= 11 is 6.21. The molecule has 0 saturated heterocycles. The number of carbonyl (C=O) groups excluding carboxylic acids is 1. The van der Waals surface area contributed by atoms with E-state index >= 15 is 0 Å². The highest BCUT2D eigenvalue weighted by atomic mass is 35.5. The monoisotopic (exact) mass is 373 g/mol. The van der Waals surface area contributed by atoms with Crippen LogP contribution in [-0.2, 0) is 4.79 Å². The van der Waals surface area contributed by atoms with E-state index in [4.69, 9.17) is 16.3 Å². The summed E-state index contributed by atoms with van der Waals surface area (Å²) in [5, 5.41) is 2.79. The minimum absolute atomic E-state index is 0.142. The summed E-state index contributed by atoms with van der Waals surface area (Å²) in [6, 6.07) is 18.1. The number of hydrogen-bond acceptors (Lipinski definition) is 2. The lowest BCUT2D eigenvalue weighted by Gasteiger charge is -2.10. The van der Waals surface area contributed by atoms with Crippen LogP contribution in [0.25, 0.3) is 11.1 Å². The molecule has 3 nitrogen and oxygen atoms in total. The van der Waals surface area contributed by atoms with Gasteiger partial charge in [-0.05, 0) is 35.4 Å². The Morgan fingerprint density at radius 3 is 2.38 bits per heavy atom. The van der Waals surface area contributed by atoms with Crippen molar-refractivity contribution in [1.82, 2.24) is 0 Å². The van der Waals surface area contributed by atoms with Gasteiger partial charge in [-0.15, -0.1) is 0 Å². The molecule has 1 amide bonds. The van der Waals surface area contributed by atoms with E-state index in [2.05, 4.69) is 5.32 Å². The Hall–Kier alpha value is -2.92. The normalized spacial score (nSPS) is 10.4. The lowest BCUT2D eigenvalue weighted by molar-refractivity contribution is -0.118. The van der Waals surface area contributed by atoms with Crippen molar-refractivity contribution in [3.05, 3.63) is 83.4 Å². The average molecular weight is 374 g/mol. The van der Waals surface area contributed by atoms with Crippen molar-refractivity contribution in [3.8, 4) is 16.9 Å². The smallest absolute Gasteiger partial charge is 0.262 e. The van der Waals surface area contributed by atoms with Gasteiger partial charge in [-0.1, -0.05) is 48.0 Å². The van der Waals surface area contributed by atoms with Gasteiger partial charge in [0.25, 0.3) is 5.91 Å². The van der Waals surface area contributed by atoms with E-state index in [9.17, 15) is 13.6 Å². The maximum Gasteiger partial charge on any atom is 0.262 e. The first kappa shape index (κ1) is 17.9. The zero-order chi connectivity index (χ0) is 18.5. The van der Waals surface area contributed by atoms with Crippen molar-refractivity contribution >= 4 is 23.2 Å². The molecule has 0 aliphatic heterocycles. The lowest BCUT2D eigenvalue weighted by Crippen LogP contribution is -2.20. The van der Waals surface area contributed by atoms with Crippen molar-refractivity contribution in [1.29, 1.82) is 0 Å². The molecule has 0 unspecified atom stereocenters. The summed E-state index contributed by atoms with van der Waals surface area (Å²) in [5.41, 5.74) is 2.08. The molecular weight excluding hydrogens is 360 g/mol. The number of amides is 1. The van der Waals surface area contributed by atoms with Gasteiger partial charge in [0.05, 0.1) is 5.02 Å². The van der Waals surface area contributed by atoms with Crippen LogP contribution in [0.1, 0.15) is 0 Å². The van der Waals surface area contributed by atoms with E-state index in [1.54, 1.807) is 12.1 Å². The quantitative estimate of drug-likeness (QED) is 0.658. The summed E-state index contributed by atoms with van der Waals surface area (Å²) in [4.78, 5) is 11.9. The molecular formula is C20H14ClF2NO2. The van der Waals surface area contributed by atoms with Crippen LogP contribution < -0.4 is 10.1 Å². The molecule has 0 heterocycles. The number of ether oxygens (including phenoxy) is 1. The van der Waals surface area contributed by atoms with Crippen LogP contribution in [0.3, 0.4) is 0 Å². The minimum atomic E-state index is -1.04. The summed E-state index contributed by atoms with van der Waals surface area (Å²) in [5.74, 6) is -2.18. The van der Waals surface area contributed by atoms with Gasteiger partial charge in [0, 0.05) is 11.8 Å². The zero-order valence-corrected chi connectivity index (χ0v) is 14.3. The molecule has 0 spiro atoms. The summed E-state index contributed by atoms with van der Waals surface area (Å²) in [7, 11) is 0. The molecule has 0 fully saturated rings. The molecule has 0 radical (unpaired) electrons. The number of anilines is 1. The molecule has 3 aromatic rings. The van der Waals surface area contributed by atoms with E-state index in [1.807, 2.05) is 36.4 Å². The van der Waals surface area contributed by atoms with Crippen LogP contribution in [0.5, 0.6) is 5.75 Å². The van der Waals surface area contributed by atoms with E-state index in [0.29, 0.717) is 10.8 Å². The van der Waals surface area contributed by atoms with Crippen molar-refractivity contribution in [2.24, 2.45) is 0 Å². The van der Waals surface area contributed by atoms with E-state index in [-0.39, 0.29) is 12.3 Å². The number of hydrogen-bond donors (Lipinski definition) is 1. The molecule has 0 saturated carbocycles. The van der Waals surface area contributed by atoms with Gasteiger partial charge < -0.3 is 10.1 Å². The molecule has 6 heteroatoms. The van der Waals surface area contributed by atoms with E-state index in [0.717, 1.165) is 23.3 Å². The number of nitrogens with one attached hydrogen (secondary N) is 1. The topological polar surface area (TPSA) is 38.3 Å². The van der Waals surface area contributed by atoms with Gasteiger partial charge in [0.15, 0.2) is 18.2 Å². The third kappa shape index (κ3) is 4.37. The molecule has 0 aliphatic rings. The van der Waals surface area contributed by atoms with Crippen LogP contribution in [0.4, 0.5) is 14.5 Å². The Balaban J connectivity index is 1.62. The first-order valence-corrected chi connectivity index (χ1v) is 8.13. The Bertz CT molecular complexity index is 932. The second-order valence-electron chi connectivity index (χ2n) is 5.48. The molecule has 132 valence electrons. The molecule has 1 N–H and O–H groups in total. The van der Waals surface area contributed by atoms with Crippen LogP contribution >= 0.6 is 11.6 Å². The highest BCUT2D eigenvalue weighted by molar-refractivity contribution is 6.32. The maximum atomic E-state index is 13.1. The Kier molecular flexibility index (Phi) is 5.49. The lowest BCUT2D eigenvalue weighted by atomic mass is 10.1. The zero-order valence-electron chi connectivity index (χ0n) is 13.5. The fourth-order valence-corrected chi connectivity index (χ4v) is 2.58. The van der Waals surface area contributed by atoms with Crippen LogP contribution in [0.2, 0.25) is 5.02 Å². The van der Waals surface area contributed by atoms with Gasteiger partial charge in [-0.25, -0.2) is 8.78 Å². The molecule has 26 heavy (non-hydrogen) atoms. The van der Waals surface area contributed by atoms with Crippen LogP contribution in [0.15, 0.2) is 66.7 Å². The maximum absolute atomic E-state index is 13.1. The van der Waals surface area contributed by atoms with E-state index < -0.39 is 17.5 Å². The van der Waals surface area contributed by atoms with Crippen molar-refractivity contribution in [3.63, 3.8) is 0 Å². The highest BCUT2D eigenvalue weighted by Crippen LogP contribution is 2.30. The predicted molar refractivity (Wildman–Crippen MR) is 97.4 cm³/mol. The summed E-state index contributed by atoms with van der Waals surface area (Å²) in [6.45, 7) is -0.316. The number of halogens is 3. The fourth-order valence-electron chi connectivity index (χ4n) is 2.34. The number of carbonyl (C=O) groups is 1. The van der Waals surface area contributed by atoms with E-state index in [1.165, 1.54) is 6.07 Å². The molecule has 3 aromatic carbocycles.